The molecule has 45 heavy (non-hydrogen) atoms. The molecule has 1 N–H and O–H groups in total. The van der Waals surface area contributed by atoms with Crippen LogP contribution in [0, 0.1) is 5.41 Å². The number of piperazine rings is 1. The van der Waals surface area contributed by atoms with Crippen molar-refractivity contribution in [2.45, 2.75) is 124 Å². The summed E-state index contributed by atoms with van der Waals surface area (Å²) >= 11 is 0. The highest BCUT2D eigenvalue weighted by Crippen LogP contribution is 2.25. The summed E-state index contributed by atoms with van der Waals surface area (Å²) in [6, 6.07) is 0. The molecule has 1 saturated heterocycles. The number of hydrogen-bond donors (Lipinski definition) is 1. The third kappa shape index (κ3) is 18.4. The number of nitrogens with zero attached hydrogens (tertiary/aromatic N) is 2. The van der Waals surface area contributed by atoms with Crippen LogP contribution in [0.25, 0.3) is 0 Å². The smallest absolute Gasteiger partial charge is 0.303 e. The maximum Gasteiger partial charge on any atom is 0.303 e. The monoisotopic (exact) mass is 633 g/mol. The minimum absolute atomic E-state index is 0.0745. The van der Waals surface area contributed by atoms with Gasteiger partial charge in [-0.1, -0.05) is 77.2 Å². The van der Waals surface area contributed by atoms with E-state index in [0.29, 0.717) is 32.6 Å². The highest BCUT2D eigenvalue weighted by molar-refractivity contribution is 5.85. The van der Waals surface area contributed by atoms with E-state index < -0.39 is 29.4 Å². The molecule has 1 unspecified atom stereocenters. The lowest BCUT2D eigenvalue weighted by molar-refractivity contribution is -0.166. The molecule has 1 fully saturated rings. The van der Waals surface area contributed by atoms with Gasteiger partial charge in [-0.05, 0) is 38.5 Å². The molecule has 0 spiro atoms. The van der Waals surface area contributed by atoms with Crippen LogP contribution in [0.2, 0.25) is 0 Å². The number of amides is 3. The number of rotatable bonds is 22. The minimum atomic E-state index is -1.18. The molecule has 3 amide bonds. The van der Waals surface area contributed by atoms with E-state index in [2.05, 4.69) is 36.5 Å². The van der Waals surface area contributed by atoms with Gasteiger partial charge in [0, 0.05) is 64.8 Å². The summed E-state index contributed by atoms with van der Waals surface area (Å²) in [5, 5.41) is 2.67. The van der Waals surface area contributed by atoms with Crippen molar-refractivity contribution in [1.29, 1.82) is 0 Å². The van der Waals surface area contributed by atoms with Crippen LogP contribution >= 0.6 is 0 Å². The van der Waals surface area contributed by atoms with Crippen molar-refractivity contribution in [2.75, 3.05) is 39.3 Å². The Morgan fingerprint density at radius 1 is 0.733 bits per heavy atom. The molecule has 1 aliphatic rings. The molecule has 0 bridgehead atoms. The maximum atomic E-state index is 12.8. The van der Waals surface area contributed by atoms with Crippen LogP contribution in [0.5, 0.6) is 0 Å². The first-order valence-electron chi connectivity index (χ1n) is 16.9. The van der Waals surface area contributed by atoms with Crippen LogP contribution in [-0.2, 0) is 33.4 Å². The van der Waals surface area contributed by atoms with Gasteiger partial charge in [0.15, 0.2) is 6.10 Å². The van der Waals surface area contributed by atoms with Crippen LogP contribution in [0.15, 0.2) is 24.3 Å². The summed E-state index contributed by atoms with van der Waals surface area (Å²) in [6.07, 6.45) is 21.2. The van der Waals surface area contributed by atoms with E-state index in [-0.39, 0.29) is 31.4 Å². The van der Waals surface area contributed by atoms with Gasteiger partial charge in [-0.2, -0.15) is 0 Å². The fourth-order valence-electron chi connectivity index (χ4n) is 5.09. The first-order valence-corrected chi connectivity index (χ1v) is 16.9. The lowest BCUT2D eigenvalue weighted by Gasteiger charge is -2.35. The first-order chi connectivity index (χ1) is 21.5. The zero-order chi connectivity index (χ0) is 33.5. The fourth-order valence-corrected chi connectivity index (χ4v) is 5.09. The minimum Gasteiger partial charge on any atom is -0.465 e. The van der Waals surface area contributed by atoms with Crippen LogP contribution in [0.1, 0.15) is 118 Å². The maximum absolute atomic E-state index is 12.8. The van der Waals surface area contributed by atoms with E-state index in [1.165, 1.54) is 52.4 Å². The summed E-state index contributed by atoms with van der Waals surface area (Å²) in [5.74, 6) is -1.66. The number of unbranched alkanes of at least 4 members (excludes halogenated alkanes) is 8. The van der Waals surface area contributed by atoms with Gasteiger partial charge in [-0.3, -0.25) is 24.0 Å². The molecule has 10 nitrogen and oxygen atoms in total. The Hall–Kier alpha value is -3.17. The van der Waals surface area contributed by atoms with E-state index in [9.17, 15) is 24.0 Å². The zero-order valence-corrected chi connectivity index (χ0v) is 28.6. The number of carbonyl (C=O) groups is 5. The van der Waals surface area contributed by atoms with Crippen molar-refractivity contribution in [2.24, 2.45) is 5.41 Å². The van der Waals surface area contributed by atoms with Gasteiger partial charge in [0.25, 0.3) is 5.91 Å². The summed E-state index contributed by atoms with van der Waals surface area (Å²) < 4.78 is 10.3. The molecule has 1 aliphatic heterocycles. The normalized spacial score (nSPS) is 14.5. The molecule has 0 aromatic carbocycles. The molecule has 1 atom stereocenters. The van der Waals surface area contributed by atoms with Crippen molar-refractivity contribution in [3.8, 4) is 0 Å². The lowest BCUT2D eigenvalue weighted by atomic mass is 9.86. The topological polar surface area (TPSA) is 122 Å². The Bertz CT molecular complexity index is 968. The number of nitrogens with one attached hydrogen (secondary N) is 1. The van der Waals surface area contributed by atoms with Crippen molar-refractivity contribution in [1.82, 2.24) is 15.1 Å². The molecule has 1 rings (SSSR count). The van der Waals surface area contributed by atoms with Gasteiger partial charge < -0.3 is 24.6 Å². The second-order valence-electron chi connectivity index (χ2n) is 12.5. The number of esters is 2. The van der Waals surface area contributed by atoms with Crippen molar-refractivity contribution in [3.05, 3.63) is 24.3 Å². The van der Waals surface area contributed by atoms with E-state index in [0.717, 1.165) is 32.1 Å². The molecule has 0 aromatic rings. The average molecular weight is 634 g/mol. The molecular weight excluding hydrogens is 574 g/mol. The van der Waals surface area contributed by atoms with Crippen LogP contribution in [0.4, 0.5) is 0 Å². The molecule has 0 aromatic heterocycles. The van der Waals surface area contributed by atoms with Gasteiger partial charge in [0.05, 0.1) is 0 Å². The number of carbonyl (C=O) groups excluding carboxylic acids is 5. The average Bonchev–Trinajstić information content (AvgIpc) is 3.00. The van der Waals surface area contributed by atoms with Crippen molar-refractivity contribution >= 4 is 29.7 Å². The van der Waals surface area contributed by atoms with Crippen molar-refractivity contribution in [3.63, 3.8) is 0 Å². The Balaban J connectivity index is 2.22. The quantitative estimate of drug-likeness (QED) is 0.0949. The van der Waals surface area contributed by atoms with Gasteiger partial charge in [0.2, 0.25) is 11.8 Å². The van der Waals surface area contributed by atoms with Crippen molar-refractivity contribution < 1.29 is 33.4 Å². The lowest BCUT2D eigenvalue weighted by Crippen LogP contribution is -2.51. The molecule has 1 heterocycles. The second-order valence-corrected chi connectivity index (χ2v) is 12.5. The third-order valence-corrected chi connectivity index (χ3v) is 7.84. The fraction of sp³-hybridized carbons (Fsp3) is 0.743. The summed E-state index contributed by atoms with van der Waals surface area (Å²) in [7, 11) is 0. The molecule has 0 radical (unpaired) electrons. The third-order valence-electron chi connectivity index (χ3n) is 7.84. The van der Waals surface area contributed by atoms with Crippen LogP contribution in [0.3, 0.4) is 0 Å². The molecule has 256 valence electrons. The Labute approximate surface area is 271 Å². The molecule has 0 aliphatic carbocycles. The summed E-state index contributed by atoms with van der Waals surface area (Å²) in [5.41, 5.74) is -0.962. The second kappa shape index (κ2) is 23.2. The SMILES string of the molecule is CCCCC/C=C/C/C=C/CCCCCCCC(=O)N1CCN(C(=O)CCNC(=O)C(OC(C)=O)C(C)(C)COC(C)=O)CC1. The standard InChI is InChI=1S/C35H59N3O7/c1-6-7-8-9-10-11-12-13-14-15-16-17-18-19-20-21-31(41)37-24-26-38(27-25-37)32(42)22-23-36-34(43)33(45-30(3)40)35(4,5)28-44-29(2)39/h10-11,13-14,33H,6-9,12,15-28H2,1-5H3,(H,36,43)/b11-10+,14-13+. The summed E-state index contributed by atoms with van der Waals surface area (Å²) in [6.45, 7) is 9.92. The van der Waals surface area contributed by atoms with E-state index in [1.54, 1.807) is 18.7 Å². The zero-order valence-electron chi connectivity index (χ0n) is 28.6. The first kappa shape index (κ1) is 39.9. The number of hydrogen-bond acceptors (Lipinski definition) is 7. The van der Waals surface area contributed by atoms with E-state index in [1.807, 2.05) is 4.90 Å². The van der Waals surface area contributed by atoms with Gasteiger partial charge >= 0.3 is 11.9 Å². The van der Waals surface area contributed by atoms with Crippen LogP contribution in [-0.4, -0.2) is 84.9 Å². The van der Waals surface area contributed by atoms with E-state index in [4.69, 9.17) is 9.47 Å². The highest BCUT2D eigenvalue weighted by atomic mass is 16.6. The number of allylic oxidation sites excluding steroid dienone is 4. The van der Waals surface area contributed by atoms with Gasteiger partial charge in [0.1, 0.15) is 6.61 Å². The predicted molar refractivity (Wildman–Crippen MR) is 176 cm³/mol. The molecule has 10 heteroatoms. The van der Waals surface area contributed by atoms with Crippen LogP contribution < -0.4 is 5.32 Å². The van der Waals surface area contributed by atoms with Gasteiger partial charge in [-0.25, -0.2) is 0 Å². The predicted octanol–water partition coefficient (Wildman–Crippen LogP) is 5.50. The number of ether oxygens (including phenoxy) is 2. The Morgan fingerprint density at radius 2 is 1.27 bits per heavy atom. The largest absolute Gasteiger partial charge is 0.465 e. The summed E-state index contributed by atoms with van der Waals surface area (Å²) in [4.78, 5) is 64.5. The Morgan fingerprint density at radius 3 is 1.82 bits per heavy atom. The van der Waals surface area contributed by atoms with Gasteiger partial charge in [-0.15, -0.1) is 0 Å². The Kier molecular flexibility index (Phi) is 20.6. The van der Waals surface area contributed by atoms with E-state index >= 15 is 0 Å². The highest BCUT2D eigenvalue weighted by Gasteiger charge is 2.39. The molecular formula is C35H59N3O7. The molecule has 0 saturated carbocycles.